The van der Waals surface area contributed by atoms with E-state index in [9.17, 15) is 14.4 Å². The molecule has 0 spiro atoms. The van der Waals surface area contributed by atoms with Crippen molar-refractivity contribution < 1.29 is 14.4 Å². The number of H-pyrrole nitrogens is 1. The van der Waals surface area contributed by atoms with Crippen molar-refractivity contribution in [3.8, 4) is 22.5 Å². The van der Waals surface area contributed by atoms with Crippen LogP contribution < -0.4 is 21.7 Å². The summed E-state index contributed by atoms with van der Waals surface area (Å²) in [6, 6.07) is 15.5. The Hall–Kier alpha value is -4.56. The molecular weight excluding hydrogens is 656 g/mol. The van der Waals surface area contributed by atoms with Crippen LogP contribution in [0.4, 0.5) is 5.69 Å². The first kappa shape index (κ1) is 38.2. The van der Waals surface area contributed by atoms with Gasteiger partial charge in [0.05, 0.1) is 11.7 Å². The number of benzene rings is 2. The molecule has 1 atom stereocenters. The van der Waals surface area contributed by atoms with Crippen LogP contribution >= 0.6 is 12.4 Å². The lowest BCUT2D eigenvalue weighted by Gasteiger charge is -2.32. The van der Waals surface area contributed by atoms with Crippen LogP contribution in [0.25, 0.3) is 22.5 Å². The lowest BCUT2D eigenvalue weighted by molar-refractivity contribution is -0.130. The summed E-state index contributed by atoms with van der Waals surface area (Å²) in [5.41, 5.74) is 17.6. The molecule has 4 aromatic rings. The minimum absolute atomic E-state index is 0. The van der Waals surface area contributed by atoms with E-state index >= 15 is 0 Å². The number of pyridine rings is 1. The number of carbonyl (C=O) groups is 3. The third-order valence-electron chi connectivity index (χ3n) is 9.15. The zero-order valence-corrected chi connectivity index (χ0v) is 29.7. The van der Waals surface area contributed by atoms with Gasteiger partial charge in [0, 0.05) is 29.8 Å². The van der Waals surface area contributed by atoms with Crippen molar-refractivity contribution in [1.29, 1.82) is 0 Å². The molecular formula is C36H47ClN10O3. The van der Waals surface area contributed by atoms with Gasteiger partial charge in [-0.15, -0.1) is 22.6 Å². The number of hydrogen-bond acceptors (Lipinski definition) is 10. The molecule has 1 saturated carbocycles. The smallest absolute Gasteiger partial charge is 0.269 e. The second kappa shape index (κ2) is 17.9. The maximum atomic E-state index is 14.0. The van der Waals surface area contributed by atoms with Gasteiger partial charge in [0.25, 0.3) is 11.8 Å². The molecule has 6 N–H and O–H groups in total. The number of imide groups is 1. The molecule has 13 nitrogen and oxygen atoms in total. The van der Waals surface area contributed by atoms with Gasteiger partial charge in [-0.05, 0) is 131 Å². The first-order valence-electron chi connectivity index (χ1n) is 16.8. The Morgan fingerprint density at radius 2 is 1.68 bits per heavy atom. The number of amides is 3. The predicted octanol–water partition coefficient (Wildman–Crippen LogP) is 3.54. The van der Waals surface area contributed by atoms with Crippen molar-refractivity contribution in [2.45, 2.75) is 51.5 Å². The van der Waals surface area contributed by atoms with Crippen LogP contribution in [0.15, 0.2) is 60.8 Å². The van der Waals surface area contributed by atoms with Crippen LogP contribution in [0.1, 0.15) is 53.7 Å². The molecule has 2 heterocycles. The van der Waals surface area contributed by atoms with Gasteiger partial charge < -0.3 is 21.7 Å². The number of nitrogens with one attached hydrogen (secondary N) is 2. The van der Waals surface area contributed by atoms with E-state index in [2.05, 4.69) is 35.8 Å². The summed E-state index contributed by atoms with van der Waals surface area (Å²) >= 11 is 0. The summed E-state index contributed by atoms with van der Waals surface area (Å²) in [5, 5.41) is 17.0. The molecule has 1 aliphatic carbocycles. The zero-order valence-electron chi connectivity index (χ0n) is 28.8. The number of anilines is 1. The Bertz CT molecular complexity index is 1710. The standard InChI is InChI=1S/C36H46N10O3.ClH/c1-23-19-32(34(47)39-17-4-18-45(2)3)40-22-30(23)26-9-5-24(6-10-26)20-31(38)36(49)46(35(48)28-11-7-25(21-37)8-12-28)29-15-13-27(14-16-29)33-41-43-44-42-33;/h5-6,9-10,13-16,19,22,25,28,31H,4,7-8,11-12,17-18,20-21,37-38H2,1-3H3,(H,39,47)(H,41,42,43,44);1H/t25?,28?,31-;/m0./s1. The number of aromatic nitrogens is 5. The fraction of sp³-hybridized carbons (Fsp3) is 0.417. The number of tetrazole rings is 1. The molecule has 3 amide bonds. The highest BCUT2D eigenvalue weighted by Gasteiger charge is 2.35. The Balaban J connectivity index is 0.00000562. The highest BCUT2D eigenvalue weighted by molar-refractivity contribution is 6.17. The van der Waals surface area contributed by atoms with Gasteiger partial charge in [0.1, 0.15) is 5.69 Å². The number of nitrogens with two attached hydrogens (primary N) is 2. The summed E-state index contributed by atoms with van der Waals surface area (Å²) in [6.07, 6.45) is 5.88. The number of nitrogens with zero attached hydrogens (tertiary/aromatic N) is 6. The van der Waals surface area contributed by atoms with Crippen LogP contribution in [-0.2, 0) is 16.0 Å². The Morgan fingerprint density at radius 1 is 1.00 bits per heavy atom. The van der Waals surface area contributed by atoms with Crippen LogP contribution in [0.5, 0.6) is 0 Å². The van der Waals surface area contributed by atoms with E-state index in [0.29, 0.717) is 54.6 Å². The second-order valence-electron chi connectivity index (χ2n) is 13.1. The quantitative estimate of drug-likeness (QED) is 0.150. The maximum Gasteiger partial charge on any atom is 0.269 e. The third-order valence-corrected chi connectivity index (χ3v) is 9.15. The highest BCUT2D eigenvalue weighted by Crippen LogP contribution is 2.32. The lowest BCUT2D eigenvalue weighted by atomic mass is 9.81. The Kier molecular flexibility index (Phi) is 13.7. The van der Waals surface area contributed by atoms with Crippen molar-refractivity contribution in [1.82, 2.24) is 35.8 Å². The number of hydrogen-bond donors (Lipinski definition) is 4. The first-order chi connectivity index (χ1) is 23.6. The van der Waals surface area contributed by atoms with Crippen molar-refractivity contribution >= 4 is 35.8 Å². The Labute approximate surface area is 299 Å². The van der Waals surface area contributed by atoms with Crippen molar-refractivity contribution in [2.75, 3.05) is 38.6 Å². The minimum atomic E-state index is -0.953. The average molecular weight is 703 g/mol. The van der Waals surface area contributed by atoms with Crippen molar-refractivity contribution in [3.63, 3.8) is 0 Å². The number of carbonyl (C=O) groups excluding carboxylic acids is 3. The highest BCUT2D eigenvalue weighted by atomic mass is 35.5. The van der Waals surface area contributed by atoms with Crippen molar-refractivity contribution in [3.05, 3.63) is 77.6 Å². The molecule has 2 aromatic heterocycles. The van der Waals surface area contributed by atoms with Gasteiger partial charge in [0.2, 0.25) is 11.7 Å². The van der Waals surface area contributed by atoms with Crippen molar-refractivity contribution in [2.24, 2.45) is 23.3 Å². The number of rotatable bonds is 13. The van der Waals surface area contributed by atoms with E-state index in [0.717, 1.165) is 48.1 Å². The average Bonchev–Trinajstić information content (AvgIpc) is 3.66. The molecule has 14 heteroatoms. The third kappa shape index (κ3) is 9.57. The van der Waals surface area contributed by atoms with Gasteiger partial charge in [-0.25, -0.2) is 4.90 Å². The summed E-state index contributed by atoms with van der Waals surface area (Å²) in [6.45, 7) is 4.03. The second-order valence-corrected chi connectivity index (χ2v) is 13.1. The lowest BCUT2D eigenvalue weighted by Crippen LogP contribution is -2.50. The van der Waals surface area contributed by atoms with Gasteiger partial charge in [-0.3, -0.25) is 19.4 Å². The summed E-state index contributed by atoms with van der Waals surface area (Å²) < 4.78 is 0. The number of halogens is 1. The fourth-order valence-electron chi connectivity index (χ4n) is 6.23. The van der Waals surface area contributed by atoms with Crippen LogP contribution in [0, 0.1) is 18.8 Å². The van der Waals surface area contributed by atoms with E-state index in [-0.39, 0.29) is 36.6 Å². The van der Waals surface area contributed by atoms with Crippen LogP contribution in [-0.4, -0.2) is 88.0 Å². The van der Waals surface area contributed by atoms with E-state index < -0.39 is 11.9 Å². The fourth-order valence-corrected chi connectivity index (χ4v) is 6.23. The van der Waals surface area contributed by atoms with Gasteiger partial charge >= 0.3 is 0 Å². The molecule has 0 radical (unpaired) electrons. The zero-order chi connectivity index (χ0) is 34.9. The molecule has 50 heavy (non-hydrogen) atoms. The van der Waals surface area contributed by atoms with Gasteiger partial charge in [0.15, 0.2) is 0 Å². The van der Waals surface area contributed by atoms with Crippen LogP contribution in [0.2, 0.25) is 0 Å². The van der Waals surface area contributed by atoms with E-state index in [1.165, 1.54) is 4.90 Å². The molecule has 0 bridgehead atoms. The number of aryl methyl sites for hydroxylation is 1. The van der Waals surface area contributed by atoms with E-state index in [1.54, 1.807) is 36.5 Å². The van der Waals surface area contributed by atoms with Gasteiger partial charge in [-0.1, -0.05) is 24.3 Å². The summed E-state index contributed by atoms with van der Waals surface area (Å²) in [5.74, 6) is -0.374. The topological polar surface area (TPSA) is 189 Å². The van der Waals surface area contributed by atoms with Gasteiger partial charge in [-0.2, -0.15) is 5.21 Å². The number of aromatic amines is 1. The SMILES string of the molecule is Cc1cc(C(=O)NCCCN(C)C)ncc1-c1ccc(C[C@H](N)C(=O)N(C(=O)C2CCC(CN)CC2)c2ccc(-c3nn[nH]n3)cc2)cc1.Cl. The monoisotopic (exact) mass is 702 g/mol. The molecule has 1 aliphatic rings. The summed E-state index contributed by atoms with van der Waals surface area (Å²) in [4.78, 5) is 48.2. The molecule has 0 unspecified atom stereocenters. The van der Waals surface area contributed by atoms with E-state index in [1.807, 2.05) is 45.3 Å². The Morgan fingerprint density at radius 3 is 2.28 bits per heavy atom. The predicted molar refractivity (Wildman–Crippen MR) is 195 cm³/mol. The largest absolute Gasteiger partial charge is 0.351 e. The first-order valence-corrected chi connectivity index (χ1v) is 16.8. The molecule has 0 saturated heterocycles. The molecule has 5 rings (SSSR count). The minimum Gasteiger partial charge on any atom is -0.351 e. The van der Waals surface area contributed by atoms with E-state index in [4.69, 9.17) is 11.5 Å². The summed E-state index contributed by atoms with van der Waals surface area (Å²) in [7, 11) is 4.00. The normalized spacial score (nSPS) is 16.4. The van der Waals surface area contributed by atoms with Crippen LogP contribution in [0.3, 0.4) is 0 Å². The molecule has 0 aliphatic heterocycles. The molecule has 266 valence electrons. The molecule has 2 aromatic carbocycles. The maximum absolute atomic E-state index is 14.0. The molecule has 1 fully saturated rings.